The lowest BCUT2D eigenvalue weighted by Crippen LogP contribution is -2.23. The van der Waals surface area contributed by atoms with E-state index in [4.69, 9.17) is 4.74 Å². The Balaban J connectivity index is 2.43. The molecule has 19 heavy (non-hydrogen) atoms. The lowest BCUT2D eigenvalue weighted by atomic mass is 10.2. The Morgan fingerprint density at radius 3 is 2.89 bits per heavy atom. The quantitative estimate of drug-likeness (QED) is 0.422. The molecule has 2 N–H and O–H groups in total. The largest absolute Gasteiger partial charge is 0.391 e. The number of aliphatic hydroxyl groups is 1. The molecule has 0 amide bonds. The fourth-order valence-corrected chi connectivity index (χ4v) is 1.62. The molecule has 0 spiro atoms. The van der Waals surface area contributed by atoms with Crippen LogP contribution in [-0.2, 0) is 11.3 Å². The normalized spacial score (nSPS) is 12.4. The van der Waals surface area contributed by atoms with E-state index in [9.17, 15) is 19.6 Å². The third-order valence-electron chi connectivity index (χ3n) is 2.50. The average molecular weight is 272 g/mol. The Morgan fingerprint density at radius 1 is 1.53 bits per heavy atom. The Hall–Kier alpha value is -1.57. The molecule has 0 aliphatic rings. The lowest BCUT2D eigenvalue weighted by Gasteiger charge is -2.10. The first kappa shape index (κ1) is 15.5. The minimum atomic E-state index is -0.634. The van der Waals surface area contributed by atoms with Crippen LogP contribution in [0.1, 0.15) is 12.0 Å². The number of halogens is 1. The molecule has 0 aromatic heterocycles. The third-order valence-corrected chi connectivity index (χ3v) is 2.50. The molecule has 106 valence electrons. The van der Waals surface area contributed by atoms with E-state index in [-0.39, 0.29) is 12.3 Å². The molecular formula is C12H17FN2O4. The highest BCUT2D eigenvalue weighted by Gasteiger charge is 2.09. The number of non-ortho nitro benzene ring substituents is 1. The van der Waals surface area contributed by atoms with Gasteiger partial charge in [-0.3, -0.25) is 10.1 Å². The van der Waals surface area contributed by atoms with Gasteiger partial charge in [0.1, 0.15) is 5.82 Å². The fourth-order valence-electron chi connectivity index (χ4n) is 1.62. The molecule has 0 radical (unpaired) electrons. The standard InChI is InChI=1S/C12H17FN2O4/c1-19-8-12(16)2-3-14-7-9-4-10(13)6-11(5-9)15(17)18/h4-6,12,14,16H,2-3,7-8H2,1H3. The zero-order valence-electron chi connectivity index (χ0n) is 10.6. The van der Waals surface area contributed by atoms with Crippen molar-refractivity contribution in [1.29, 1.82) is 0 Å². The van der Waals surface area contributed by atoms with E-state index in [1.807, 2.05) is 0 Å². The molecule has 1 aromatic carbocycles. The predicted octanol–water partition coefficient (Wildman–Crippen LogP) is 1.22. The summed E-state index contributed by atoms with van der Waals surface area (Å²) in [5, 5.41) is 22.9. The summed E-state index contributed by atoms with van der Waals surface area (Å²) in [5.74, 6) is -0.634. The summed E-state index contributed by atoms with van der Waals surface area (Å²) in [6.07, 6.45) is -0.0648. The van der Waals surface area contributed by atoms with Crippen LogP contribution in [0.15, 0.2) is 18.2 Å². The van der Waals surface area contributed by atoms with Crippen LogP contribution in [0, 0.1) is 15.9 Å². The van der Waals surface area contributed by atoms with Crippen LogP contribution < -0.4 is 5.32 Å². The van der Waals surface area contributed by atoms with Crippen molar-refractivity contribution in [3.8, 4) is 0 Å². The molecular weight excluding hydrogens is 255 g/mol. The number of hydrogen-bond acceptors (Lipinski definition) is 5. The van der Waals surface area contributed by atoms with Crippen LogP contribution in [0.2, 0.25) is 0 Å². The smallest absolute Gasteiger partial charge is 0.272 e. The van der Waals surface area contributed by atoms with Crippen molar-refractivity contribution in [2.75, 3.05) is 20.3 Å². The highest BCUT2D eigenvalue weighted by atomic mass is 19.1. The van der Waals surface area contributed by atoms with Crippen molar-refractivity contribution in [1.82, 2.24) is 5.32 Å². The average Bonchev–Trinajstić information content (AvgIpc) is 2.34. The van der Waals surface area contributed by atoms with E-state index in [1.54, 1.807) is 0 Å². The highest BCUT2D eigenvalue weighted by molar-refractivity contribution is 5.35. The Labute approximate surface area is 110 Å². The van der Waals surface area contributed by atoms with E-state index in [0.717, 1.165) is 6.07 Å². The summed E-state index contributed by atoms with van der Waals surface area (Å²) in [5.41, 5.74) is 0.226. The number of methoxy groups -OCH3 is 1. The minimum Gasteiger partial charge on any atom is -0.391 e. The van der Waals surface area contributed by atoms with Crippen molar-refractivity contribution in [3.63, 3.8) is 0 Å². The molecule has 0 bridgehead atoms. The summed E-state index contributed by atoms with van der Waals surface area (Å²) in [4.78, 5) is 9.94. The Morgan fingerprint density at radius 2 is 2.26 bits per heavy atom. The second kappa shape index (κ2) is 7.78. The summed E-state index contributed by atoms with van der Waals surface area (Å²) in [6.45, 7) is 1.07. The maximum atomic E-state index is 13.1. The maximum absolute atomic E-state index is 13.1. The van der Waals surface area contributed by atoms with Gasteiger partial charge in [-0.2, -0.15) is 0 Å². The van der Waals surface area contributed by atoms with Gasteiger partial charge in [-0.15, -0.1) is 0 Å². The summed E-state index contributed by atoms with van der Waals surface area (Å²) in [7, 11) is 1.50. The van der Waals surface area contributed by atoms with Crippen molar-refractivity contribution < 1.29 is 19.2 Å². The molecule has 1 atom stereocenters. The number of aliphatic hydroxyl groups excluding tert-OH is 1. The molecule has 0 aliphatic carbocycles. The number of nitro groups is 1. The molecule has 0 heterocycles. The second-order valence-corrected chi connectivity index (χ2v) is 4.15. The van der Waals surface area contributed by atoms with Gasteiger partial charge in [-0.1, -0.05) is 0 Å². The van der Waals surface area contributed by atoms with E-state index >= 15 is 0 Å². The van der Waals surface area contributed by atoms with E-state index in [1.165, 1.54) is 19.2 Å². The van der Waals surface area contributed by atoms with Crippen LogP contribution >= 0.6 is 0 Å². The molecule has 7 heteroatoms. The fraction of sp³-hybridized carbons (Fsp3) is 0.500. The maximum Gasteiger partial charge on any atom is 0.272 e. The SMILES string of the molecule is COCC(O)CCNCc1cc(F)cc([N+](=O)[O-])c1. The number of rotatable bonds is 8. The van der Waals surface area contributed by atoms with Crippen molar-refractivity contribution in [2.45, 2.75) is 19.1 Å². The van der Waals surface area contributed by atoms with Gasteiger partial charge in [0.2, 0.25) is 0 Å². The zero-order valence-corrected chi connectivity index (χ0v) is 10.6. The molecule has 0 saturated heterocycles. The molecule has 0 saturated carbocycles. The lowest BCUT2D eigenvalue weighted by molar-refractivity contribution is -0.385. The third kappa shape index (κ3) is 5.73. The van der Waals surface area contributed by atoms with Crippen molar-refractivity contribution in [3.05, 3.63) is 39.7 Å². The number of nitro benzene ring substituents is 1. The first-order valence-corrected chi connectivity index (χ1v) is 5.84. The number of hydrogen-bond donors (Lipinski definition) is 2. The van der Waals surface area contributed by atoms with E-state index in [2.05, 4.69) is 5.32 Å². The molecule has 0 aliphatic heterocycles. The van der Waals surface area contributed by atoms with Crippen LogP contribution in [-0.4, -0.2) is 36.4 Å². The molecule has 1 rings (SSSR count). The van der Waals surface area contributed by atoms with Gasteiger partial charge in [0.15, 0.2) is 0 Å². The number of nitrogens with one attached hydrogen (secondary N) is 1. The Bertz CT molecular complexity index is 428. The first-order valence-electron chi connectivity index (χ1n) is 5.84. The van der Waals surface area contributed by atoms with E-state index in [0.29, 0.717) is 25.1 Å². The molecule has 1 aromatic rings. The topological polar surface area (TPSA) is 84.6 Å². The molecule has 1 unspecified atom stereocenters. The molecule has 0 fully saturated rings. The first-order chi connectivity index (χ1) is 9.02. The monoisotopic (exact) mass is 272 g/mol. The van der Waals surface area contributed by atoms with Crippen LogP contribution in [0.5, 0.6) is 0 Å². The predicted molar refractivity (Wildman–Crippen MR) is 67.3 cm³/mol. The minimum absolute atomic E-state index is 0.257. The van der Waals surface area contributed by atoms with Crippen LogP contribution in [0.25, 0.3) is 0 Å². The van der Waals surface area contributed by atoms with Gasteiger partial charge in [-0.25, -0.2) is 4.39 Å². The second-order valence-electron chi connectivity index (χ2n) is 4.15. The van der Waals surface area contributed by atoms with Crippen molar-refractivity contribution in [2.24, 2.45) is 0 Å². The zero-order chi connectivity index (χ0) is 14.3. The molecule has 6 nitrogen and oxygen atoms in total. The van der Waals surface area contributed by atoms with Crippen LogP contribution in [0.4, 0.5) is 10.1 Å². The van der Waals surface area contributed by atoms with E-state index < -0.39 is 16.8 Å². The number of ether oxygens (including phenoxy) is 1. The number of benzene rings is 1. The van der Waals surface area contributed by atoms with Crippen molar-refractivity contribution >= 4 is 5.69 Å². The van der Waals surface area contributed by atoms with Gasteiger partial charge in [0, 0.05) is 19.7 Å². The van der Waals surface area contributed by atoms with Gasteiger partial charge in [0.25, 0.3) is 5.69 Å². The van der Waals surface area contributed by atoms with Gasteiger partial charge in [-0.05, 0) is 24.6 Å². The van der Waals surface area contributed by atoms with Crippen LogP contribution in [0.3, 0.4) is 0 Å². The van der Waals surface area contributed by atoms with Gasteiger partial charge < -0.3 is 15.2 Å². The highest BCUT2D eigenvalue weighted by Crippen LogP contribution is 2.16. The summed E-state index contributed by atoms with van der Waals surface area (Å²) in [6, 6.07) is 3.44. The van der Waals surface area contributed by atoms with Gasteiger partial charge >= 0.3 is 0 Å². The van der Waals surface area contributed by atoms with Gasteiger partial charge in [0.05, 0.1) is 23.7 Å². The summed E-state index contributed by atoms with van der Waals surface area (Å²) >= 11 is 0. The Kier molecular flexibility index (Phi) is 6.34. The summed E-state index contributed by atoms with van der Waals surface area (Å²) < 4.78 is 17.9. The number of nitrogens with zero attached hydrogens (tertiary/aromatic N) is 1.